The average Bonchev–Trinajstić information content (AvgIpc) is 3.13. The molecule has 1 N–H and O–H groups in total. The average molecular weight is 217 g/mol. The van der Waals surface area contributed by atoms with Gasteiger partial charge in [0, 0.05) is 24.6 Å². The van der Waals surface area contributed by atoms with Gasteiger partial charge in [-0.3, -0.25) is 4.79 Å². The first kappa shape index (κ1) is 11.3. The predicted molar refractivity (Wildman–Crippen MR) is 65.8 cm³/mol. The predicted octanol–water partition coefficient (Wildman–Crippen LogP) is 2.57. The highest BCUT2D eigenvalue weighted by Gasteiger charge is 2.20. The maximum absolute atomic E-state index is 11.9. The molecule has 1 aromatic carbocycles. The Kier molecular flexibility index (Phi) is 3.73. The van der Waals surface area contributed by atoms with E-state index in [2.05, 4.69) is 18.3 Å². The SMILES string of the molecule is CCc1cccc(C(=O)CCNC2CC2)c1. The molecule has 2 nitrogen and oxygen atoms in total. The highest BCUT2D eigenvalue weighted by molar-refractivity contribution is 5.96. The van der Waals surface area contributed by atoms with Crippen LogP contribution in [-0.2, 0) is 6.42 Å². The Morgan fingerprint density at radius 1 is 1.44 bits per heavy atom. The third kappa shape index (κ3) is 3.17. The van der Waals surface area contributed by atoms with Gasteiger partial charge in [0.05, 0.1) is 0 Å². The van der Waals surface area contributed by atoms with Crippen LogP contribution in [0.4, 0.5) is 0 Å². The molecule has 0 saturated heterocycles. The lowest BCUT2D eigenvalue weighted by Gasteiger charge is -2.04. The van der Waals surface area contributed by atoms with E-state index in [0.717, 1.165) is 18.5 Å². The monoisotopic (exact) mass is 217 g/mol. The number of hydrogen-bond acceptors (Lipinski definition) is 2. The fourth-order valence-electron chi connectivity index (χ4n) is 1.79. The zero-order chi connectivity index (χ0) is 11.4. The fraction of sp³-hybridized carbons (Fsp3) is 0.500. The molecule has 0 atom stereocenters. The number of hydrogen-bond donors (Lipinski definition) is 1. The standard InChI is InChI=1S/C14H19NO/c1-2-11-4-3-5-12(10-11)14(16)8-9-15-13-6-7-13/h3-5,10,13,15H,2,6-9H2,1H3. The summed E-state index contributed by atoms with van der Waals surface area (Å²) in [5.41, 5.74) is 2.10. The number of nitrogens with one attached hydrogen (secondary N) is 1. The number of carbonyl (C=O) groups excluding carboxylic acids is 1. The van der Waals surface area contributed by atoms with Gasteiger partial charge in [0.1, 0.15) is 0 Å². The number of Topliss-reactive ketones (excluding diaryl/α,β-unsaturated/α-hetero) is 1. The van der Waals surface area contributed by atoms with Crippen molar-refractivity contribution < 1.29 is 4.79 Å². The Labute approximate surface area is 97.1 Å². The van der Waals surface area contributed by atoms with E-state index in [0.29, 0.717) is 12.5 Å². The maximum Gasteiger partial charge on any atom is 0.164 e. The molecule has 1 aromatic rings. The Balaban J connectivity index is 1.86. The summed E-state index contributed by atoms with van der Waals surface area (Å²) in [5, 5.41) is 3.37. The van der Waals surface area contributed by atoms with Gasteiger partial charge in [0.15, 0.2) is 5.78 Å². The summed E-state index contributed by atoms with van der Waals surface area (Å²) < 4.78 is 0. The minimum atomic E-state index is 0.253. The summed E-state index contributed by atoms with van der Waals surface area (Å²) in [7, 11) is 0. The normalized spacial score (nSPS) is 15.1. The van der Waals surface area contributed by atoms with Crippen molar-refractivity contribution in [3.63, 3.8) is 0 Å². The van der Waals surface area contributed by atoms with E-state index in [9.17, 15) is 4.79 Å². The van der Waals surface area contributed by atoms with Crippen LogP contribution in [0.5, 0.6) is 0 Å². The molecule has 0 heterocycles. The molecule has 2 heteroatoms. The third-order valence-electron chi connectivity index (χ3n) is 3.02. The molecule has 16 heavy (non-hydrogen) atoms. The Morgan fingerprint density at radius 3 is 2.94 bits per heavy atom. The first-order chi connectivity index (χ1) is 7.79. The molecular weight excluding hydrogens is 198 g/mol. The van der Waals surface area contributed by atoms with Gasteiger partial charge in [-0.1, -0.05) is 25.1 Å². The second-order valence-electron chi connectivity index (χ2n) is 4.46. The van der Waals surface area contributed by atoms with Gasteiger partial charge in [-0.15, -0.1) is 0 Å². The molecule has 0 amide bonds. The summed E-state index contributed by atoms with van der Waals surface area (Å²) in [6, 6.07) is 8.66. The highest BCUT2D eigenvalue weighted by Crippen LogP contribution is 2.18. The van der Waals surface area contributed by atoms with E-state index < -0.39 is 0 Å². The van der Waals surface area contributed by atoms with E-state index in [1.165, 1.54) is 18.4 Å². The third-order valence-corrected chi connectivity index (χ3v) is 3.02. The minimum Gasteiger partial charge on any atom is -0.314 e. The molecule has 0 unspecified atom stereocenters. The smallest absolute Gasteiger partial charge is 0.164 e. The summed E-state index contributed by atoms with van der Waals surface area (Å²) in [5.74, 6) is 0.253. The van der Waals surface area contributed by atoms with Gasteiger partial charge in [-0.2, -0.15) is 0 Å². The summed E-state index contributed by atoms with van der Waals surface area (Å²) in [6.45, 7) is 2.93. The largest absolute Gasteiger partial charge is 0.314 e. The lowest BCUT2D eigenvalue weighted by Crippen LogP contribution is -2.20. The van der Waals surface area contributed by atoms with Crippen LogP contribution in [0, 0.1) is 0 Å². The molecule has 0 aliphatic heterocycles. The zero-order valence-electron chi connectivity index (χ0n) is 9.83. The van der Waals surface area contributed by atoms with Crippen LogP contribution in [0.25, 0.3) is 0 Å². The topological polar surface area (TPSA) is 29.1 Å². The van der Waals surface area contributed by atoms with Gasteiger partial charge >= 0.3 is 0 Å². The van der Waals surface area contributed by atoms with Crippen LogP contribution in [0.15, 0.2) is 24.3 Å². The van der Waals surface area contributed by atoms with E-state index in [4.69, 9.17) is 0 Å². The van der Waals surface area contributed by atoms with E-state index in [1.807, 2.05) is 18.2 Å². The zero-order valence-corrected chi connectivity index (χ0v) is 9.83. The second kappa shape index (κ2) is 5.26. The van der Waals surface area contributed by atoms with Crippen LogP contribution in [0.3, 0.4) is 0 Å². The molecule has 0 bridgehead atoms. The second-order valence-corrected chi connectivity index (χ2v) is 4.46. The molecule has 1 fully saturated rings. The Hall–Kier alpha value is -1.15. The number of rotatable bonds is 6. The number of ketones is 1. The van der Waals surface area contributed by atoms with E-state index in [1.54, 1.807) is 0 Å². The molecule has 1 aliphatic carbocycles. The van der Waals surface area contributed by atoms with Crippen LogP contribution >= 0.6 is 0 Å². The highest BCUT2D eigenvalue weighted by atomic mass is 16.1. The molecular formula is C14H19NO. The minimum absolute atomic E-state index is 0.253. The fourth-order valence-corrected chi connectivity index (χ4v) is 1.79. The van der Waals surface area contributed by atoms with E-state index in [-0.39, 0.29) is 5.78 Å². The number of aryl methyl sites for hydroxylation is 1. The quantitative estimate of drug-likeness (QED) is 0.742. The first-order valence-corrected chi connectivity index (χ1v) is 6.15. The molecule has 0 spiro atoms. The van der Waals surface area contributed by atoms with Gasteiger partial charge < -0.3 is 5.32 Å². The van der Waals surface area contributed by atoms with Gasteiger partial charge in [-0.25, -0.2) is 0 Å². The summed E-state index contributed by atoms with van der Waals surface area (Å²) in [6.07, 6.45) is 4.16. The summed E-state index contributed by atoms with van der Waals surface area (Å²) in [4.78, 5) is 11.9. The molecule has 2 rings (SSSR count). The summed E-state index contributed by atoms with van der Waals surface area (Å²) >= 11 is 0. The lowest BCUT2D eigenvalue weighted by atomic mass is 10.0. The van der Waals surface area contributed by atoms with Crippen molar-refractivity contribution >= 4 is 5.78 Å². The van der Waals surface area contributed by atoms with Crippen molar-refractivity contribution in [1.29, 1.82) is 0 Å². The van der Waals surface area contributed by atoms with E-state index >= 15 is 0 Å². The molecule has 1 aliphatic rings. The van der Waals surface area contributed by atoms with Crippen molar-refractivity contribution in [3.8, 4) is 0 Å². The van der Waals surface area contributed by atoms with Gasteiger partial charge in [-0.05, 0) is 30.9 Å². The van der Waals surface area contributed by atoms with Crippen molar-refractivity contribution in [3.05, 3.63) is 35.4 Å². The van der Waals surface area contributed by atoms with Crippen molar-refractivity contribution in [2.75, 3.05) is 6.54 Å². The number of benzene rings is 1. The molecule has 0 radical (unpaired) electrons. The van der Waals surface area contributed by atoms with Crippen molar-refractivity contribution in [2.45, 2.75) is 38.6 Å². The van der Waals surface area contributed by atoms with Gasteiger partial charge in [0.25, 0.3) is 0 Å². The van der Waals surface area contributed by atoms with Crippen LogP contribution in [0.2, 0.25) is 0 Å². The maximum atomic E-state index is 11.9. The lowest BCUT2D eigenvalue weighted by molar-refractivity contribution is 0.0982. The number of carbonyl (C=O) groups is 1. The first-order valence-electron chi connectivity index (χ1n) is 6.15. The molecule has 0 aromatic heterocycles. The Morgan fingerprint density at radius 2 is 2.25 bits per heavy atom. The van der Waals surface area contributed by atoms with Gasteiger partial charge in [0.2, 0.25) is 0 Å². The van der Waals surface area contributed by atoms with Crippen LogP contribution < -0.4 is 5.32 Å². The van der Waals surface area contributed by atoms with Crippen molar-refractivity contribution in [2.24, 2.45) is 0 Å². The van der Waals surface area contributed by atoms with Crippen molar-refractivity contribution in [1.82, 2.24) is 5.32 Å². The molecule has 86 valence electrons. The van der Waals surface area contributed by atoms with Crippen LogP contribution in [0.1, 0.15) is 42.1 Å². The van der Waals surface area contributed by atoms with Crippen LogP contribution in [-0.4, -0.2) is 18.4 Å². The molecule has 1 saturated carbocycles. The Bertz CT molecular complexity index is 369.